The zero-order valence-electron chi connectivity index (χ0n) is 15.9. The van der Waals surface area contributed by atoms with Crippen LogP contribution in [0.25, 0.3) is 0 Å². The maximum absolute atomic E-state index is 13.4. The van der Waals surface area contributed by atoms with Crippen molar-refractivity contribution in [3.8, 4) is 5.75 Å². The van der Waals surface area contributed by atoms with Crippen molar-refractivity contribution in [2.24, 2.45) is 0 Å². The molecule has 1 aliphatic heterocycles. The molecule has 2 aromatic rings. The Morgan fingerprint density at radius 2 is 1.64 bits per heavy atom. The maximum Gasteiger partial charge on any atom is 0.260 e. The first-order valence-electron chi connectivity index (χ1n) is 9.01. The fourth-order valence-electron chi connectivity index (χ4n) is 3.21. The molecule has 6 nitrogen and oxygen atoms in total. The first-order chi connectivity index (χ1) is 13.3. The molecular formula is C20H23FN2O4S. The van der Waals surface area contributed by atoms with Crippen LogP contribution in [0.5, 0.6) is 5.75 Å². The number of piperazine rings is 1. The first-order valence-corrected chi connectivity index (χ1v) is 10.5. The lowest BCUT2D eigenvalue weighted by Crippen LogP contribution is -2.51. The van der Waals surface area contributed by atoms with Gasteiger partial charge in [0.05, 0.1) is 4.90 Å². The van der Waals surface area contributed by atoms with E-state index in [9.17, 15) is 17.6 Å². The summed E-state index contributed by atoms with van der Waals surface area (Å²) in [5.41, 5.74) is 1.91. The van der Waals surface area contributed by atoms with Crippen molar-refractivity contribution in [3.05, 3.63) is 59.4 Å². The molecular weight excluding hydrogens is 383 g/mol. The lowest BCUT2D eigenvalue weighted by molar-refractivity contribution is -0.134. The number of ether oxygens (including phenoxy) is 1. The molecule has 0 aromatic heterocycles. The minimum Gasteiger partial charge on any atom is -0.483 e. The van der Waals surface area contributed by atoms with Crippen molar-refractivity contribution in [2.45, 2.75) is 18.7 Å². The molecule has 3 rings (SSSR count). The fourth-order valence-corrected chi connectivity index (χ4v) is 4.66. The molecule has 0 unspecified atom stereocenters. The van der Waals surface area contributed by atoms with Gasteiger partial charge < -0.3 is 9.64 Å². The SMILES string of the molecule is Cc1cccc(C)c1OCC(=O)N1CCN(S(=O)(=O)c2cccc(F)c2)CC1. The normalized spacial score (nSPS) is 15.5. The van der Waals surface area contributed by atoms with Gasteiger partial charge in [-0.1, -0.05) is 24.3 Å². The van der Waals surface area contributed by atoms with Crippen LogP contribution in [0.4, 0.5) is 4.39 Å². The van der Waals surface area contributed by atoms with Gasteiger partial charge in [-0.2, -0.15) is 4.31 Å². The molecule has 0 atom stereocenters. The van der Waals surface area contributed by atoms with E-state index in [2.05, 4.69) is 0 Å². The van der Waals surface area contributed by atoms with E-state index in [-0.39, 0.29) is 43.6 Å². The predicted molar refractivity (Wildman–Crippen MR) is 103 cm³/mol. The van der Waals surface area contributed by atoms with E-state index in [4.69, 9.17) is 4.74 Å². The van der Waals surface area contributed by atoms with Crippen LogP contribution >= 0.6 is 0 Å². The van der Waals surface area contributed by atoms with Crippen LogP contribution in [-0.4, -0.2) is 56.3 Å². The van der Waals surface area contributed by atoms with E-state index in [0.717, 1.165) is 17.2 Å². The van der Waals surface area contributed by atoms with Gasteiger partial charge in [-0.3, -0.25) is 4.79 Å². The number of sulfonamides is 1. The Hall–Kier alpha value is -2.45. The number of hydrogen-bond acceptors (Lipinski definition) is 4. The second kappa shape index (κ2) is 8.28. The molecule has 0 bridgehead atoms. The molecule has 2 aromatic carbocycles. The average Bonchev–Trinajstić information content (AvgIpc) is 2.67. The molecule has 28 heavy (non-hydrogen) atoms. The van der Waals surface area contributed by atoms with Crippen molar-refractivity contribution in [1.29, 1.82) is 0 Å². The third-order valence-electron chi connectivity index (χ3n) is 4.77. The van der Waals surface area contributed by atoms with Crippen LogP contribution < -0.4 is 4.74 Å². The van der Waals surface area contributed by atoms with Crippen LogP contribution in [0.15, 0.2) is 47.4 Å². The summed E-state index contributed by atoms with van der Waals surface area (Å²) in [7, 11) is -3.78. The Balaban J connectivity index is 1.58. The highest BCUT2D eigenvalue weighted by atomic mass is 32.2. The molecule has 0 aliphatic carbocycles. The number of hydrogen-bond donors (Lipinski definition) is 0. The molecule has 1 heterocycles. The Kier molecular flexibility index (Phi) is 6.00. The third-order valence-corrected chi connectivity index (χ3v) is 6.67. The zero-order chi connectivity index (χ0) is 20.3. The summed E-state index contributed by atoms with van der Waals surface area (Å²) in [6.45, 7) is 4.60. The highest BCUT2D eigenvalue weighted by Gasteiger charge is 2.30. The second-order valence-corrected chi connectivity index (χ2v) is 8.69. The van der Waals surface area contributed by atoms with Gasteiger partial charge in [0.2, 0.25) is 10.0 Å². The molecule has 1 aliphatic rings. The summed E-state index contributed by atoms with van der Waals surface area (Å²) in [5, 5.41) is 0. The van der Waals surface area contributed by atoms with Gasteiger partial charge in [0.1, 0.15) is 11.6 Å². The van der Waals surface area contributed by atoms with E-state index in [1.54, 1.807) is 4.90 Å². The van der Waals surface area contributed by atoms with Crippen LogP contribution in [0, 0.1) is 19.7 Å². The van der Waals surface area contributed by atoms with Crippen molar-refractivity contribution in [2.75, 3.05) is 32.8 Å². The first kappa shape index (κ1) is 20.3. The summed E-state index contributed by atoms with van der Waals surface area (Å²) in [6.07, 6.45) is 0. The standard InChI is InChI=1S/C20H23FN2O4S/c1-15-5-3-6-16(2)20(15)27-14-19(24)22-9-11-23(12-10-22)28(25,26)18-8-4-7-17(21)13-18/h3-8,13H,9-12,14H2,1-2H3. The highest BCUT2D eigenvalue weighted by molar-refractivity contribution is 7.89. The number of carbonyl (C=O) groups is 1. The quantitative estimate of drug-likeness (QED) is 0.765. The summed E-state index contributed by atoms with van der Waals surface area (Å²) in [5.74, 6) is -0.0906. The van der Waals surface area contributed by atoms with E-state index < -0.39 is 15.8 Å². The third kappa shape index (κ3) is 4.34. The molecule has 1 saturated heterocycles. The largest absolute Gasteiger partial charge is 0.483 e. The van der Waals surface area contributed by atoms with E-state index in [0.29, 0.717) is 5.75 Å². The lowest BCUT2D eigenvalue weighted by atomic mass is 10.1. The lowest BCUT2D eigenvalue weighted by Gasteiger charge is -2.34. The van der Waals surface area contributed by atoms with Gasteiger partial charge in [0.15, 0.2) is 6.61 Å². The minimum absolute atomic E-state index is 0.0781. The smallest absolute Gasteiger partial charge is 0.260 e. The minimum atomic E-state index is -3.78. The van der Waals surface area contributed by atoms with Crippen molar-refractivity contribution >= 4 is 15.9 Å². The van der Waals surface area contributed by atoms with Crippen molar-refractivity contribution < 1.29 is 22.3 Å². The second-order valence-electron chi connectivity index (χ2n) is 6.75. The number of carbonyl (C=O) groups excluding carboxylic acids is 1. The predicted octanol–water partition coefficient (Wildman–Crippen LogP) is 2.35. The Morgan fingerprint density at radius 3 is 2.25 bits per heavy atom. The van der Waals surface area contributed by atoms with Gasteiger partial charge in [-0.25, -0.2) is 12.8 Å². The number of amides is 1. The van der Waals surface area contributed by atoms with Gasteiger partial charge in [0, 0.05) is 26.2 Å². The van der Waals surface area contributed by atoms with Crippen LogP contribution in [0.1, 0.15) is 11.1 Å². The Bertz CT molecular complexity index is 950. The van der Waals surface area contributed by atoms with Crippen LogP contribution in [-0.2, 0) is 14.8 Å². The fraction of sp³-hybridized carbons (Fsp3) is 0.350. The summed E-state index contributed by atoms with van der Waals surface area (Å²) in [4.78, 5) is 14.0. The summed E-state index contributed by atoms with van der Waals surface area (Å²) < 4.78 is 45.6. The Morgan fingerprint density at radius 1 is 1.04 bits per heavy atom. The maximum atomic E-state index is 13.4. The van der Waals surface area contributed by atoms with Gasteiger partial charge >= 0.3 is 0 Å². The number of nitrogens with zero attached hydrogens (tertiary/aromatic N) is 2. The number of para-hydroxylation sites is 1. The number of aryl methyl sites for hydroxylation is 2. The number of benzene rings is 2. The molecule has 0 saturated carbocycles. The Labute approximate surface area is 164 Å². The molecule has 0 spiro atoms. The van der Waals surface area contributed by atoms with E-state index >= 15 is 0 Å². The average molecular weight is 406 g/mol. The number of halogens is 1. The molecule has 8 heteroatoms. The highest BCUT2D eigenvalue weighted by Crippen LogP contribution is 2.23. The summed E-state index contributed by atoms with van der Waals surface area (Å²) in [6, 6.07) is 10.7. The molecule has 0 radical (unpaired) electrons. The van der Waals surface area contributed by atoms with Gasteiger partial charge in [-0.05, 0) is 43.2 Å². The molecule has 150 valence electrons. The molecule has 0 N–H and O–H groups in total. The van der Waals surface area contributed by atoms with Crippen molar-refractivity contribution in [3.63, 3.8) is 0 Å². The van der Waals surface area contributed by atoms with Crippen molar-refractivity contribution in [1.82, 2.24) is 9.21 Å². The number of rotatable bonds is 5. The summed E-state index contributed by atoms with van der Waals surface area (Å²) >= 11 is 0. The van der Waals surface area contributed by atoms with E-state index in [1.165, 1.54) is 22.5 Å². The molecule has 1 amide bonds. The van der Waals surface area contributed by atoms with Crippen LogP contribution in [0.3, 0.4) is 0 Å². The van der Waals surface area contributed by atoms with Gasteiger partial charge in [0.25, 0.3) is 5.91 Å². The zero-order valence-corrected chi connectivity index (χ0v) is 16.7. The van der Waals surface area contributed by atoms with Gasteiger partial charge in [-0.15, -0.1) is 0 Å². The van der Waals surface area contributed by atoms with E-state index in [1.807, 2.05) is 32.0 Å². The topological polar surface area (TPSA) is 66.9 Å². The monoisotopic (exact) mass is 406 g/mol. The molecule has 1 fully saturated rings. The van der Waals surface area contributed by atoms with Crippen LogP contribution in [0.2, 0.25) is 0 Å².